The second-order valence-electron chi connectivity index (χ2n) is 6.85. The molecule has 0 fully saturated rings. The molecule has 0 atom stereocenters. The lowest BCUT2D eigenvalue weighted by Gasteiger charge is -2.12. The van der Waals surface area contributed by atoms with Gasteiger partial charge in [-0.05, 0) is 36.4 Å². The number of rotatable bonds is 5. The first-order valence-electron chi connectivity index (χ1n) is 9.22. The number of pyridine rings is 1. The Morgan fingerprint density at radius 3 is 2.07 bits per heavy atom. The number of ether oxygens (including phenoxy) is 2. The van der Waals surface area contributed by atoms with Crippen LogP contribution in [0.5, 0.6) is 11.5 Å². The standard InChI is InChI=1S/C23H22N4O2/c1-27(2)18-8-5-15(6-9-18)21-10-7-16-14-24-22(26-23(16)25-21)17-11-19(28-3)13-20(12-17)29-4/h5-14H,1-4H3. The van der Waals surface area contributed by atoms with E-state index in [-0.39, 0.29) is 0 Å². The average Bonchev–Trinajstić information content (AvgIpc) is 2.78. The second-order valence-corrected chi connectivity index (χ2v) is 6.85. The molecule has 0 saturated heterocycles. The summed E-state index contributed by atoms with van der Waals surface area (Å²) in [4.78, 5) is 16.0. The number of hydrogen-bond acceptors (Lipinski definition) is 6. The van der Waals surface area contributed by atoms with Gasteiger partial charge in [0, 0.05) is 48.6 Å². The van der Waals surface area contributed by atoms with Crippen LogP contribution in [0.3, 0.4) is 0 Å². The first-order valence-corrected chi connectivity index (χ1v) is 9.22. The van der Waals surface area contributed by atoms with Crippen LogP contribution in [0.25, 0.3) is 33.7 Å². The molecule has 0 spiro atoms. The Hall–Kier alpha value is -3.67. The zero-order chi connectivity index (χ0) is 20.4. The van der Waals surface area contributed by atoms with Gasteiger partial charge < -0.3 is 14.4 Å². The molecule has 6 nitrogen and oxygen atoms in total. The Labute approximate surface area is 169 Å². The molecule has 4 rings (SSSR count). The second kappa shape index (κ2) is 7.75. The molecule has 0 N–H and O–H groups in total. The maximum Gasteiger partial charge on any atom is 0.163 e. The Kier molecular flexibility index (Phi) is 4.99. The van der Waals surface area contributed by atoms with Crippen molar-refractivity contribution in [2.45, 2.75) is 0 Å². The predicted molar refractivity (Wildman–Crippen MR) is 116 cm³/mol. The molecular formula is C23H22N4O2. The normalized spacial score (nSPS) is 10.8. The van der Waals surface area contributed by atoms with E-state index in [1.54, 1.807) is 20.4 Å². The maximum absolute atomic E-state index is 5.36. The lowest BCUT2D eigenvalue weighted by atomic mass is 10.1. The highest BCUT2D eigenvalue weighted by Gasteiger charge is 2.10. The van der Waals surface area contributed by atoms with Crippen molar-refractivity contribution in [1.82, 2.24) is 15.0 Å². The molecule has 6 heteroatoms. The molecule has 0 radical (unpaired) electrons. The van der Waals surface area contributed by atoms with E-state index in [0.717, 1.165) is 27.9 Å². The van der Waals surface area contributed by atoms with E-state index in [4.69, 9.17) is 14.5 Å². The third-order valence-electron chi connectivity index (χ3n) is 4.73. The number of anilines is 1. The van der Waals surface area contributed by atoms with Gasteiger partial charge in [-0.25, -0.2) is 15.0 Å². The third kappa shape index (κ3) is 3.82. The van der Waals surface area contributed by atoms with Crippen LogP contribution in [0.2, 0.25) is 0 Å². The summed E-state index contributed by atoms with van der Waals surface area (Å²) in [5.74, 6) is 1.94. The number of hydrogen-bond donors (Lipinski definition) is 0. The number of aromatic nitrogens is 3. The van der Waals surface area contributed by atoms with E-state index in [1.807, 2.05) is 44.4 Å². The van der Waals surface area contributed by atoms with E-state index in [1.165, 1.54) is 0 Å². The molecule has 4 aromatic rings. The van der Waals surface area contributed by atoms with Gasteiger partial charge in [0.05, 0.1) is 19.9 Å². The van der Waals surface area contributed by atoms with Gasteiger partial charge in [0.25, 0.3) is 0 Å². The van der Waals surface area contributed by atoms with Gasteiger partial charge >= 0.3 is 0 Å². The highest BCUT2D eigenvalue weighted by atomic mass is 16.5. The zero-order valence-electron chi connectivity index (χ0n) is 16.9. The van der Waals surface area contributed by atoms with Crippen LogP contribution in [0.15, 0.2) is 60.8 Å². The van der Waals surface area contributed by atoms with Crippen molar-refractivity contribution in [2.24, 2.45) is 0 Å². The first kappa shape index (κ1) is 18.7. The highest BCUT2D eigenvalue weighted by molar-refractivity contribution is 5.79. The Morgan fingerprint density at radius 2 is 1.45 bits per heavy atom. The summed E-state index contributed by atoms with van der Waals surface area (Å²) in [5, 5.41) is 0.886. The molecule has 0 saturated carbocycles. The summed E-state index contributed by atoms with van der Waals surface area (Å²) in [6.45, 7) is 0. The van der Waals surface area contributed by atoms with Gasteiger partial charge in [-0.15, -0.1) is 0 Å². The zero-order valence-corrected chi connectivity index (χ0v) is 16.9. The summed E-state index contributed by atoms with van der Waals surface area (Å²) in [6.07, 6.45) is 1.79. The van der Waals surface area contributed by atoms with Crippen LogP contribution in [-0.2, 0) is 0 Å². The molecule has 0 aliphatic heterocycles. The Bertz CT molecular complexity index is 1140. The van der Waals surface area contributed by atoms with Gasteiger partial charge in [-0.1, -0.05) is 12.1 Å². The van der Waals surface area contributed by atoms with Crippen molar-refractivity contribution in [2.75, 3.05) is 33.2 Å². The van der Waals surface area contributed by atoms with Crippen molar-refractivity contribution >= 4 is 16.7 Å². The molecule has 2 aromatic carbocycles. The first-order chi connectivity index (χ1) is 14.1. The van der Waals surface area contributed by atoms with Gasteiger partial charge in [0.2, 0.25) is 0 Å². The molecule has 0 aliphatic rings. The molecule has 29 heavy (non-hydrogen) atoms. The number of methoxy groups -OCH3 is 2. The minimum atomic E-state index is 0.572. The van der Waals surface area contributed by atoms with E-state index in [9.17, 15) is 0 Å². The van der Waals surface area contributed by atoms with Gasteiger partial charge in [-0.2, -0.15) is 0 Å². The molecule has 0 amide bonds. The molecule has 2 aromatic heterocycles. The van der Waals surface area contributed by atoms with Gasteiger partial charge in [0.15, 0.2) is 11.5 Å². The Morgan fingerprint density at radius 1 is 0.759 bits per heavy atom. The lowest BCUT2D eigenvalue weighted by Crippen LogP contribution is -2.07. The largest absolute Gasteiger partial charge is 0.497 e. The lowest BCUT2D eigenvalue weighted by molar-refractivity contribution is 0.394. The quantitative estimate of drug-likeness (QED) is 0.505. The van der Waals surface area contributed by atoms with Crippen LogP contribution in [-0.4, -0.2) is 43.3 Å². The van der Waals surface area contributed by atoms with Crippen LogP contribution in [0, 0.1) is 0 Å². The summed E-state index contributed by atoms with van der Waals surface area (Å²) in [7, 11) is 7.29. The van der Waals surface area contributed by atoms with Gasteiger partial charge in [0.1, 0.15) is 11.5 Å². The van der Waals surface area contributed by atoms with Crippen LogP contribution < -0.4 is 14.4 Å². The molecule has 2 heterocycles. The van der Waals surface area contributed by atoms with E-state index < -0.39 is 0 Å². The maximum atomic E-state index is 5.36. The average molecular weight is 386 g/mol. The third-order valence-corrected chi connectivity index (χ3v) is 4.73. The minimum absolute atomic E-state index is 0.572. The van der Waals surface area contributed by atoms with Crippen molar-refractivity contribution in [3.8, 4) is 34.1 Å². The number of benzene rings is 2. The number of fused-ring (bicyclic) bond motifs is 1. The minimum Gasteiger partial charge on any atom is -0.497 e. The molecule has 0 unspecified atom stereocenters. The van der Waals surface area contributed by atoms with Crippen molar-refractivity contribution in [3.63, 3.8) is 0 Å². The van der Waals surface area contributed by atoms with Crippen LogP contribution >= 0.6 is 0 Å². The summed E-state index contributed by atoms with van der Waals surface area (Å²) >= 11 is 0. The van der Waals surface area contributed by atoms with E-state index in [2.05, 4.69) is 39.1 Å². The summed E-state index contributed by atoms with van der Waals surface area (Å²) in [6, 6.07) is 17.9. The van der Waals surface area contributed by atoms with E-state index in [0.29, 0.717) is 23.0 Å². The summed E-state index contributed by atoms with van der Waals surface area (Å²) < 4.78 is 10.7. The molecular weight excluding hydrogens is 364 g/mol. The fourth-order valence-electron chi connectivity index (χ4n) is 3.08. The molecule has 146 valence electrons. The van der Waals surface area contributed by atoms with E-state index >= 15 is 0 Å². The SMILES string of the molecule is COc1cc(OC)cc(-c2ncc3ccc(-c4ccc(N(C)C)cc4)nc3n2)c1. The topological polar surface area (TPSA) is 60.4 Å². The number of nitrogens with zero attached hydrogens (tertiary/aromatic N) is 4. The fraction of sp³-hybridized carbons (Fsp3) is 0.174. The fourth-order valence-corrected chi connectivity index (χ4v) is 3.08. The van der Waals surface area contributed by atoms with Crippen molar-refractivity contribution in [3.05, 3.63) is 60.8 Å². The molecule has 0 bridgehead atoms. The predicted octanol–water partition coefficient (Wildman–Crippen LogP) is 4.44. The van der Waals surface area contributed by atoms with Crippen molar-refractivity contribution < 1.29 is 9.47 Å². The monoisotopic (exact) mass is 386 g/mol. The summed E-state index contributed by atoms with van der Waals surface area (Å²) in [5.41, 5.74) is 4.51. The molecule has 0 aliphatic carbocycles. The smallest absolute Gasteiger partial charge is 0.163 e. The van der Waals surface area contributed by atoms with Gasteiger partial charge in [-0.3, -0.25) is 0 Å². The highest BCUT2D eigenvalue weighted by Crippen LogP contribution is 2.29. The Balaban J connectivity index is 1.76. The van der Waals surface area contributed by atoms with Crippen LogP contribution in [0.1, 0.15) is 0 Å². The van der Waals surface area contributed by atoms with Crippen LogP contribution in [0.4, 0.5) is 5.69 Å². The van der Waals surface area contributed by atoms with Crippen molar-refractivity contribution in [1.29, 1.82) is 0 Å².